The first-order chi connectivity index (χ1) is 69.1. The molecule has 24 rings (SSSR count). The molecule has 142 heavy (non-hydrogen) atoms. The first-order valence-electron chi connectivity index (χ1n) is 54.8. The maximum Gasteiger partial charge on any atom is 0.495 e. The molecule has 0 aromatic heterocycles. The molecule has 0 atom stereocenters. The van der Waals surface area contributed by atoms with Crippen LogP contribution >= 0.6 is 31.9 Å². The van der Waals surface area contributed by atoms with E-state index in [1.165, 1.54) is 291 Å². The molecule has 0 spiro atoms. The minimum Gasteiger partial charge on any atom is -0.399 e. The van der Waals surface area contributed by atoms with Crippen LogP contribution in [-0.4, -0.2) is 36.6 Å². The fraction of sp³-hybridized carbons (Fsp3) is 0.373. The molecule has 14 aromatic rings. The van der Waals surface area contributed by atoms with Crippen molar-refractivity contribution in [1.29, 1.82) is 0 Å². The van der Waals surface area contributed by atoms with Crippen molar-refractivity contribution in [3.63, 3.8) is 0 Å². The SMILES string of the molecule is Brc1cc(CCCCCCC2(c3ccc4c(c3)CC4)c3ccccc3-c3ccccc32)c(Br)cc1CCCCCCC1(c2ccc3c(c2)CC3)c2ccccc2-c2ccccc21.CC.CC1(C)OB(c2cc(CCCCCCC3(c4ccc5c(c4)CC5)c4ccccc4-c4ccccc43)c(B3OC(C)(C)C(C)(C)O3)cc2CCCCCCC2(c3ccc4c(c3)CC4)c3ccccc3-c3ccccc32)OC1(C)C. The lowest BCUT2D eigenvalue weighted by Crippen LogP contribution is -2.43. The second-order valence-electron chi connectivity index (χ2n) is 45.0. The van der Waals surface area contributed by atoms with Crippen LogP contribution in [-0.2, 0) is 117 Å². The van der Waals surface area contributed by atoms with Gasteiger partial charge >= 0.3 is 14.2 Å². The second-order valence-corrected chi connectivity index (χ2v) is 46.7. The monoisotopic (exact) mass is 1990 g/mol. The summed E-state index contributed by atoms with van der Waals surface area (Å²) < 4.78 is 30.3. The van der Waals surface area contributed by atoms with Gasteiger partial charge in [0.25, 0.3) is 0 Å². The highest BCUT2D eigenvalue weighted by atomic mass is 79.9. The first-order valence-corrected chi connectivity index (χ1v) is 56.3. The third-order valence-corrected chi connectivity index (χ3v) is 37.8. The molecule has 4 nitrogen and oxygen atoms in total. The van der Waals surface area contributed by atoms with Crippen molar-refractivity contribution >= 4 is 57.0 Å². The number of hydrogen-bond donors (Lipinski definition) is 0. The van der Waals surface area contributed by atoms with Gasteiger partial charge in [0.1, 0.15) is 0 Å². The summed E-state index contributed by atoms with van der Waals surface area (Å²) in [6.07, 6.45) is 37.2. The van der Waals surface area contributed by atoms with Crippen molar-refractivity contribution in [1.82, 2.24) is 0 Å². The summed E-state index contributed by atoms with van der Waals surface area (Å²) >= 11 is 8.01. The van der Waals surface area contributed by atoms with E-state index in [1.54, 1.807) is 22.3 Å². The summed E-state index contributed by atoms with van der Waals surface area (Å²) in [5.74, 6) is 0. The van der Waals surface area contributed by atoms with Crippen LogP contribution in [0.3, 0.4) is 0 Å². The van der Waals surface area contributed by atoms with E-state index in [0.29, 0.717) is 0 Å². The Morgan fingerprint density at radius 1 is 0.211 bits per heavy atom. The molecule has 8 heteroatoms. The van der Waals surface area contributed by atoms with Gasteiger partial charge in [0.2, 0.25) is 0 Å². The lowest BCUT2D eigenvalue weighted by molar-refractivity contribution is 0.00578. The molecule has 722 valence electrons. The van der Waals surface area contributed by atoms with Crippen LogP contribution in [0.1, 0.15) is 331 Å². The van der Waals surface area contributed by atoms with Crippen molar-refractivity contribution in [2.75, 3.05) is 0 Å². The van der Waals surface area contributed by atoms with E-state index in [-0.39, 0.29) is 21.7 Å². The average molecular weight is 2000 g/mol. The smallest absolute Gasteiger partial charge is 0.399 e. The van der Waals surface area contributed by atoms with E-state index in [0.717, 1.165) is 89.9 Å². The molecule has 0 N–H and O–H groups in total. The first kappa shape index (κ1) is 96.8. The Hall–Kier alpha value is -9.99. The molecule has 2 saturated heterocycles. The van der Waals surface area contributed by atoms with Gasteiger partial charge in [0.15, 0.2) is 0 Å². The number of halogens is 2. The van der Waals surface area contributed by atoms with Crippen LogP contribution in [0, 0.1) is 0 Å². The van der Waals surface area contributed by atoms with E-state index < -0.39 is 36.6 Å². The van der Waals surface area contributed by atoms with Gasteiger partial charge in [0, 0.05) is 30.6 Å². The van der Waals surface area contributed by atoms with Gasteiger partial charge in [-0.05, 0) is 385 Å². The van der Waals surface area contributed by atoms with Crippen LogP contribution in [0.5, 0.6) is 0 Å². The zero-order valence-electron chi connectivity index (χ0n) is 85.9. The molecule has 2 heterocycles. The molecule has 0 saturated carbocycles. The Morgan fingerprint density at radius 2 is 0.401 bits per heavy atom. The van der Waals surface area contributed by atoms with Crippen LogP contribution < -0.4 is 10.9 Å². The average Bonchev–Trinajstić information content (AvgIpc) is 1.56. The molecule has 10 aliphatic rings. The lowest BCUT2D eigenvalue weighted by Gasteiger charge is -2.35. The second kappa shape index (κ2) is 39.8. The summed E-state index contributed by atoms with van der Waals surface area (Å²) in [6.45, 7) is 21.4. The van der Waals surface area contributed by atoms with Gasteiger partial charge in [0.05, 0.1) is 22.4 Å². The van der Waals surface area contributed by atoms with Gasteiger partial charge in [-0.2, -0.15) is 0 Å². The summed E-state index contributed by atoms with van der Waals surface area (Å²) in [6, 6.07) is 113. The van der Waals surface area contributed by atoms with Crippen molar-refractivity contribution < 1.29 is 18.6 Å². The largest absolute Gasteiger partial charge is 0.495 e. The molecular formula is C134H142B2Br2O4. The highest BCUT2D eigenvalue weighted by Crippen LogP contribution is 2.61. The summed E-state index contributed by atoms with van der Waals surface area (Å²) in [7, 11) is -0.908. The van der Waals surface area contributed by atoms with Crippen LogP contribution in [0.2, 0.25) is 0 Å². The highest BCUT2D eigenvalue weighted by Gasteiger charge is 2.56. The fourth-order valence-corrected chi connectivity index (χ4v) is 28.0. The minimum absolute atomic E-state index is 0.0687. The van der Waals surface area contributed by atoms with Crippen molar-refractivity contribution in [3.8, 4) is 44.5 Å². The Balaban J connectivity index is 0.000000164. The van der Waals surface area contributed by atoms with Gasteiger partial charge in [-0.1, -0.05) is 402 Å². The molecule has 2 fully saturated rings. The standard InChI is InChI=1S/C72H80B2O4.C60H56Br2.C2H6/c1-67(2)68(3,4)76-73(75-67)65-47-54(26-14-10-12-24-44-72(56-42-40-50-36-38-52(50)46-56)63-33-21-17-29-59(63)60-30-18-22-34-64(60)72)66(74-77-69(5,6)70(7,8)78-74)48-53(65)25-13-9-11-23-43-71(55-41-39-49-35-37-51(49)45-55)61-31-19-15-27-57(61)58-28-16-20-32-62(58)71;61-57-40-46(18-6-2-4-16-36-60(48-34-32-42-28-30-44(42)38-48)55-25-13-9-21-51(55)52-22-10-14-26-56(52)60)58(62)39-45(57)17-5-1-3-15-35-59(47-33-31-41-27-29-43(41)37-47)53-23-11-7-19-49(53)50-20-8-12-24-54(50)59;1-2/h15-22,27-34,39-42,45-48H,9-14,23-26,35-38,43-44H2,1-8H3;7-14,19-26,31-34,37-40H,1-6,15-18,27-30,35-36H2;1-2H3. The number of hydrogen-bond acceptors (Lipinski definition) is 4. The van der Waals surface area contributed by atoms with Gasteiger partial charge in [-0.25, -0.2) is 0 Å². The fourth-order valence-electron chi connectivity index (χ4n) is 26.8. The topological polar surface area (TPSA) is 36.9 Å². The van der Waals surface area contributed by atoms with E-state index in [9.17, 15) is 0 Å². The molecule has 0 bridgehead atoms. The Morgan fingerprint density at radius 3 is 0.599 bits per heavy atom. The van der Waals surface area contributed by atoms with Crippen molar-refractivity contribution in [2.24, 2.45) is 0 Å². The number of aryl methyl sites for hydroxylation is 12. The van der Waals surface area contributed by atoms with Crippen molar-refractivity contribution in [3.05, 3.63) is 434 Å². The molecule has 2 aliphatic heterocycles. The summed E-state index contributed by atoms with van der Waals surface area (Å²) in [5.41, 5.74) is 46.9. The normalized spacial score (nSPS) is 17.5. The molecule has 0 radical (unpaired) electrons. The van der Waals surface area contributed by atoms with Gasteiger partial charge < -0.3 is 18.6 Å². The number of unbranched alkanes of at least 4 members (excludes halogenated alkanes) is 12. The number of rotatable bonds is 34. The quantitative estimate of drug-likeness (QED) is 0.0298. The zero-order chi connectivity index (χ0) is 97.3. The van der Waals surface area contributed by atoms with Crippen molar-refractivity contribution in [2.45, 2.75) is 319 Å². The molecular weight excluding hydrogens is 1850 g/mol. The predicted octanol–water partition coefficient (Wildman–Crippen LogP) is 32.9. The van der Waals surface area contributed by atoms with E-state index in [4.69, 9.17) is 18.6 Å². The highest BCUT2D eigenvalue weighted by molar-refractivity contribution is 9.11. The molecule has 8 aliphatic carbocycles. The molecule has 0 amide bonds. The van der Waals surface area contributed by atoms with E-state index in [2.05, 4.69) is 378 Å². The Kier molecular flexibility index (Phi) is 27.1. The summed E-state index contributed by atoms with van der Waals surface area (Å²) in [4.78, 5) is 0. The van der Waals surface area contributed by atoms with Gasteiger partial charge in [-0.15, -0.1) is 0 Å². The van der Waals surface area contributed by atoms with E-state index >= 15 is 0 Å². The van der Waals surface area contributed by atoms with E-state index in [1.807, 2.05) is 13.8 Å². The lowest BCUT2D eigenvalue weighted by atomic mass is 9.67. The summed E-state index contributed by atoms with van der Waals surface area (Å²) in [5, 5.41) is 0. The Bertz CT molecular complexity index is 6450. The predicted molar refractivity (Wildman–Crippen MR) is 601 cm³/mol. The maximum atomic E-state index is 6.94. The number of benzene rings is 14. The zero-order valence-corrected chi connectivity index (χ0v) is 89.1. The third kappa shape index (κ3) is 17.1. The van der Waals surface area contributed by atoms with Gasteiger partial charge in [-0.3, -0.25) is 0 Å². The minimum atomic E-state index is -0.454. The third-order valence-electron chi connectivity index (χ3n) is 36.3. The Labute approximate surface area is 865 Å². The molecule has 0 unspecified atom stereocenters. The molecule has 14 aromatic carbocycles. The number of fused-ring (bicyclic) bond motifs is 16. The van der Waals surface area contributed by atoms with Crippen LogP contribution in [0.25, 0.3) is 44.5 Å². The van der Waals surface area contributed by atoms with Crippen LogP contribution in [0.4, 0.5) is 0 Å². The van der Waals surface area contributed by atoms with Crippen LogP contribution in [0.15, 0.2) is 300 Å². The maximum absolute atomic E-state index is 6.94.